The first-order valence-corrected chi connectivity index (χ1v) is 10.0. The number of hydrogen-bond acceptors (Lipinski definition) is 8. The molecule has 0 aliphatic carbocycles. The highest BCUT2D eigenvalue weighted by molar-refractivity contribution is 6.07. The molecule has 160 valence electrons. The lowest BCUT2D eigenvalue weighted by Crippen LogP contribution is -1.97. The smallest absolute Gasteiger partial charge is 0.322 e. The molecule has 0 unspecified atom stereocenters. The van der Waals surface area contributed by atoms with Crippen molar-refractivity contribution >= 4 is 16.9 Å². The van der Waals surface area contributed by atoms with Crippen LogP contribution in [-0.2, 0) is 7.05 Å². The summed E-state index contributed by atoms with van der Waals surface area (Å²) in [5.74, 6) is 3.74. The van der Waals surface area contributed by atoms with Gasteiger partial charge in [-0.05, 0) is 36.6 Å². The average molecular weight is 434 g/mol. The molecule has 0 saturated heterocycles. The zero-order valence-corrected chi connectivity index (χ0v) is 17.9. The number of nitrogen functional groups attached to an aromatic ring is 1. The van der Waals surface area contributed by atoms with Crippen LogP contribution in [-0.4, -0.2) is 34.5 Å². The molecule has 1 aromatic carbocycles. The first-order valence-electron chi connectivity index (χ1n) is 10.0. The Morgan fingerprint density at radius 2 is 1.73 bits per heavy atom. The van der Waals surface area contributed by atoms with E-state index in [1.54, 1.807) is 18.6 Å². The number of rotatable bonds is 4. The molecule has 0 spiro atoms. The Morgan fingerprint density at radius 3 is 2.42 bits per heavy atom. The van der Waals surface area contributed by atoms with Gasteiger partial charge in [-0.2, -0.15) is 0 Å². The lowest BCUT2D eigenvalue weighted by Gasteiger charge is -2.09. The van der Waals surface area contributed by atoms with Crippen LogP contribution in [0.1, 0.15) is 11.5 Å². The van der Waals surface area contributed by atoms with Crippen LogP contribution in [0.5, 0.6) is 11.8 Å². The van der Waals surface area contributed by atoms with Crippen molar-refractivity contribution in [3.05, 3.63) is 66.8 Å². The zero-order valence-electron chi connectivity index (χ0n) is 17.9. The standard InChI is InChI=1S/C24H18N8O/c1-4-18-27-11-16(12-28-18)21-19(20-22(25)29-13-30-23(20)32(21)3)15-5-7-17(8-6-15)33-24-26-10-9-14(2)31-24/h1,5-13H,2-3H3,(H2,25,29,30). The molecule has 0 aliphatic rings. The molecule has 4 aromatic heterocycles. The van der Waals surface area contributed by atoms with Crippen molar-refractivity contribution in [3.63, 3.8) is 0 Å². The van der Waals surface area contributed by atoms with Gasteiger partial charge in [0.2, 0.25) is 5.82 Å². The van der Waals surface area contributed by atoms with Crippen molar-refractivity contribution < 1.29 is 4.74 Å². The molecule has 9 heteroatoms. The number of nitrogens with zero attached hydrogens (tertiary/aromatic N) is 7. The fraction of sp³-hybridized carbons (Fsp3) is 0.0833. The number of ether oxygens (including phenoxy) is 1. The van der Waals surface area contributed by atoms with Crippen molar-refractivity contribution in [1.29, 1.82) is 0 Å². The summed E-state index contributed by atoms with van der Waals surface area (Å²) in [5.41, 5.74) is 11.2. The molecule has 5 rings (SSSR count). The molecule has 0 amide bonds. The van der Waals surface area contributed by atoms with Crippen molar-refractivity contribution in [1.82, 2.24) is 34.5 Å². The summed E-state index contributed by atoms with van der Waals surface area (Å²) in [6.07, 6.45) is 11.9. The molecule has 0 bridgehead atoms. The third-order valence-corrected chi connectivity index (χ3v) is 5.18. The van der Waals surface area contributed by atoms with Gasteiger partial charge in [-0.1, -0.05) is 12.1 Å². The lowest BCUT2D eigenvalue weighted by molar-refractivity contribution is 0.440. The quantitative estimate of drug-likeness (QED) is 0.427. The monoisotopic (exact) mass is 434 g/mol. The summed E-state index contributed by atoms with van der Waals surface area (Å²) in [6, 6.07) is 9.67. The normalized spacial score (nSPS) is 10.8. The van der Waals surface area contributed by atoms with Gasteiger partial charge in [0.05, 0.1) is 11.1 Å². The van der Waals surface area contributed by atoms with Crippen molar-refractivity contribution in [2.24, 2.45) is 7.05 Å². The summed E-state index contributed by atoms with van der Waals surface area (Å²) in [5, 5.41) is 0.742. The number of hydrogen-bond donors (Lipinski definition) is 1. The Labute approximate surface area is 189 Å². The predicted octanol–water partition coefficient (Wildman–Crippen LogP) is 3.55. The molecule has 9 nitrogen and oxygen atoms in total. The minimum atomic E-state index is 0.289. The molecular weight excluding hydrogens is 416 g/mol. The third-order valence-electron chi connectivity index (χ3n) is 5.18. The minimum Gasteiger partial charge on any atom is -0.424 e. The van der Waals surface area contributed by atoms with E-state index in [-0.39, 0.29) is 6.01 Å². The second-order valence-electron chi connectivity index (χ2n) is 7.29. The first kappa shape index (κ1) is 20.1. The Bertz CT molecular complexity index is 1520. The Balaban J connectivity index is 1.64. The summed E-state index contributed by atoms with van der Waals surface area (Å²) < 4.78 is 7.74. The molecule has 0 atom stereocenters. The van der Waals surface area contributed by atoms with Gasteiger partial charge in [-0.25, -0.2) is 29.9 Å². The highest BCUT2D eigenvalue weighted by Gasteiger charge is 2.22. The van der Waals surface area contributed by atoms with Crippen LogP contribution < -0.4 is 10.5 Å². The van der Waals surface area contributed by atoms with Crippen molar-refractivity contribution in [2.45, 2.75) is 6.92 Å². The van der Waals surface area contributed by atoms with Gasteiger partial charge in [0.15, 0.2) is 0 Å². The number of benzene rings is 1. The van der Waals surface area contributed by atoms with E-state index in [1.807, 2.05) is 48.9 Å². The second kappa shape index (κ2) is 8.01. The number of nitrogens with two attached hydrogens (primary N) is 1. The van der Waals surface area contributed by atoms with Gasteiger partial charge < -0.3 is 15.0 Å². The Kier molecular flexibility index (Phi) is 4.88. The molecule has 0 fully saturated rings. The SMILES string of the molecule is C#Cc1ncc(-c2c(-c3ccc(Oc4nccc(C)n4)cc3)c3c(N)ncnc3n2C)cn1. The minimum absolute atomic E-state index is 0.289. The Morgan fingerprint density at radius 1 is 0.970 bits per heavy atom. The van der Waals surface area contributed by atoms with E-state index >= 15 is 0 Å². The van der Waals surface area contributed by atoms with Crippen LogP contribution in [0.3, 0.4) is 0 Å². The summed E-state index contributed by atoms with van der Waals surface area (Å²) in [7, 11) is 1.91. The maximum atomic E-state index is 6.28. The van der Waals surface area contributed by atoms with E-state index < -0.39 is 0 Å². The molecule has 33 heavy (non-hydrogen) atoms. The van der Waals surface area contributed by atoms with Crippen molar-refractivity contribution in [2.75, 3.05) is 5.73 Å². The van der Waals surface area contributed by atoms with Crippen molar-refractivity contribution in [3.8, 4) is 46.5 Å². The van der Waals surface area contributed by atoms with E-state index in [9.17, 15) is 0 Å². The number of fused-ring (bicyclic) bond motifs is 1. The summed E-state index contributed by atoms with van der Waals surface area (Å²) in [6.45, 7) is 1.88. The topological polar surface area (TPSA) is 118 Å². The fourth-order valence-corrected chi connectivity index (χ4v) is 3.69. The van der Waals surface area contributed by atoms with Crippen LogP contribution in [0.25, 0.3) is 33.4 Å². The summed E-state index contributed by atoms with van der Waals surface area (Å²) in [4.78, 5) is 25.6. The number of terminal acetylenes is 1. The Hall–Kier alpha value is -4.84. The lowest BCUT2D eigenvalue weighted by atomic mass is 10.00. The third kappa shape index (κ3) is 3.59. The highest BCUT2D eigenvalue weighted by atomic mass is 16.5. The maximum Gasteiger partial charge on any atom is 0.322 e. The van der Waals surface area contributed by atoms with Crippen LogP contribution in [0.15, 0.2) is 55.2 Å². The van der Waals surface area contributed by atoms with E-state index in [4.69, 9.17) is 16.9 Å². The van der Waals surface area contributed by atoms with Crippen LogP contribution in [0.4, 0.5) is 5.82 Å². The fourth-order valence-electron chi connectivity index (χ4n) is 3.69. The highest BCUT2D eigenvalue weighted by Crippen LogP contribution is 2.41. The number of aromatic nitrogens is 7. The maximum absolute atomic E-state index is 6.28. The molecule has 4 heterocycles. The molecule has 0 aliphatic heterocycles. The van der Waals surface area contributed by atoms with E-state index in [0.717, 1.165) is 33.5 Å². The number of aryl methyl sites for hydroxylation is 2. The second-order valence-corrected chi connectivity index (χ2v) is 7.29. The van der Waals surface area contributed by atoms with Gasteiger partial charge in [-0.3, -0.25) is 0 Å². The zero-order chi connectivity index (χ0) is 22.9. The van der Waals surface area contributed by atoms with Gasteiger partial charge >= 0.3 is 6.01 Å². The van der Waals surface area contributed by atoms with Crippen LogP contribution in [0, 0.1) is 19.3 Å². The van der Waals surface area contributed by atoms with Crippen LogP contribution >= 0.6 is 0 Å². The number of anilines is 1. The van der Waals surface area contributed by atoms with E-state index in [2.05, 4.69) is 35.8 Å². The van der Waals surface area contributed by atoms with E-state index in [0.29, 0.717) is 23.0 Å². The van der Waals surface area contributed by atoms with Gasteiger partial charge in [0, 0.05) is 42.5 Å². The predicted molar refractivity (Wildman–Crippen MR) is 124 cm³/mol. The van der Waals surface area contributed by atoms with Crippen LogP contribution in [0.2, 0.25) is 0 Å². The summed E-state index contributed by atoms with van der Waals surface area (Å²) >= 11 is 0. The average Bonchev–Trinajstić information content (AvgIpc) is 3.13. The van der Waals surface area contributed by atoms with Gasteiger partial charge in [0.25, 0.3) is 0 Å². The molecular formula is C24H18N8O. The van der Waals surface area contributed by atoms with Gasteiger partial charge in [-0.15, -0.1) is 6.42 Å². The molecule has 2 N–H and O–H groups in total. The van der Waals surface area contributed by atoms with Gasteiger partial charge in [0.1, 0.15) is 23.5 Å². The van der Waals surface area contributed by atoms with E-state index in [1.165, 1.54) is 6.33 Å². The molecule has 5 aromatic rings. The molecule has 0 radical (unpaired) electrons. The first-order chi connectivity index (χ1) is 16.0. The largest absolute Gasteiger partial charge is 0.424 e. The molecule has 0 saturated carbocycles.